The van der Waals surface area contributed by atoms with Crippen molar-refractivity contribution in [1.29, 1.82) is 0 Å². The molecule has 2 N–H and O–H groups in total. The number of pyridine rings is 1. The van der Waals surface area contributed by atoms with E-state index in [4.69, 9.17) is 0 Å². The van der Waals surface area contributed by atoms with Gasteiger partial charge < -0.3 is 10.4 Å². The Morgan fingerprint density at radius 2 is 1.78 bits per heavy atom. The largest absolute Gasteiger partial charge is 0.418 e. The number of alkyl halides is 3. The Hall–Kier alpha value is -1.99. The van der Waals surface area contributed by atoms with Crippen LogP contribution >= 0.6 is 0 Å². The second-order valence-corrected chi connectivity index (χ2v) is 5.38. The molecule has 23 heavy (non-hydrogen) atoms. The molecule has 1 aromatic carbocycles. The highest BCUT2D eigenvalue weighted by Gasteiger charge is 2.33. The molecule has 0 aliphatic carbocycles. The molecule has 2 aromatic rings. The molecule has 1 aromatic heterocycles. The van der Waals surface area contributed by atoms with Crippen LogP contribution in [0.1, 0.15) is 23.7 Å². The first-order chi connectivity index (χ1) is 10.7. The van der Waals surface area contributed by atoms with Gasteiger partial charge in [-0.15, -0.1) is 0 Å². The van der Waals surface area contributed by atoms with Gasteiger partial charge in [-0.25, -0.2) is 4.39 Å². The van der Waals surface area contributed by atoms with Crippen LogP contribution in [0.2, 0.25) is 0 Å². The molecule has 124 valence electrons. The summed E-state index contributed by atoms with van der Waals surface area (Å²) in [5.74, 6) is -0.430. The fourth-order valence-corrected chi connectivity index (χ4v) is 2.17. The van der Waals surface area contributed by atoms with Crippen molar-refractivity contribution in [2.45, 2.75) is 25.2 Å². The minimum Gasteiger partial charge on any atom is -0.384 e. The summed E-state index contributed by atoms with van der Waals surface area (Å²) in [6.07, 6.45) is -3.20. The maximum absolute atomic E-state index is 12.9. The molecule has 1 atom stereocenters. The van der Waals surface area contributed by atoms with Crippen LogP contribution in [-0.4, -0.2) is 16.6 Å². The van der Waals surface area contributed by atoms with Gasteiger partial charge in [-0.1, -0.05) is 12.1 Å². The van der Waals surface area contributed by atoms with E-state index in [-0.39, 0.29) is 18.8 Å². The highest BCUT2D eigenvalue weighted by atomic mass is 19.4. The first kappa shape index (κ1) is 17.4. The maximum atomic E-state index is 12.9. The molecule has 0 bridgehead atoms. The number of nitrogens with zero attached hydrogens (tertiary/aromatic N) is 1. The van der Waals surface area contributed by atoms with Crippen LogP contribution in [0.25, 0.3) is 0 Å². The minimum atomic E-state index is -4.48. The summed E-state index contributed by atoms with van der Waals surface area (Å²) < 4.78 is 51.5. The average molecular weight is 328 g/mol. The Morgan fingerprint density at radius 1 is 1.13 bits per heavy atom. The van der Waals surface area contributed by atoms with E-state index in [1.807, 2.05) is 0 Å². The van der Waals surface area contributed by atoms with Crippen molar-refractivity contribution < 1.29 is 22.7 Å². The van der Waals surface area contributed by atoms with E-state index in [0.717, 1.165) is 6.07 Å². The lowest BCUT2D eigenvalue weighted by Gasteiger charge is -2.24. The van der Waals surface area contributed by atoms with Gasteiger partial charge >= 0.3 is 6.18 Å². The van der Waals surface area contributed by atoms with Crippen LogP contribution in [0, 0.1) is 5.82 Å². The summed E-state index contributed by atoms with van der Waals surface area (Å²) in [6, 6.07) is 7.47. The van der Waals surface area contributed by atoms with E-state index < -0.39 is 23.2 Å². The first-order valence-electron chi connectivity index (χ1n) is 6.90. The van der Waals surface area contributed by atoms with Gasteiger partial charge in [0, 0.05) is 19.3 Å². The van der Waals surface area contributed by atoms with E-state index >= 15 is 0 Å². The van der Waals surface area contributed by atoms with Gasteiger partial charge in [0.15, 0.2) is 0 Å². The van der Waals surface area contributed by atoms with Crippen LogP contribution in [0.3, 0.4) is 0 Å². The third-order valence-electron chi connectivity index (χ3n) is 3.42. The molecule has 0 aliphatic rings. The number of aliphatic hydroxyl groups is 1. The number of aromatic nitrogens is 1. The second kappa shape index (κ2) is 6.64. The third-order valence-corrected chi connectivity index (χ3v) is 3.42. The maximum Gasteiger partial charge on any atom is 0.418 e. The van der Waals surface area contributed by atoms with Gasteiger partial charge in [0.1, 0.15) is 5.82 Å². The van der Waals surface area contributed by atoms with E-state index in [9.17, 15) is 22.7 Å². The number of hydrogen-bond acceptors (Lipinski definition) is 3. The lowest BCUT2D eigenvalue weighted by Crippen LogP contribution is -2.35. The molecule has 0 radical (unpaired) electrons. The zero-order valence-corrected chi connectivity index (χ0v) is 12.4. The average Bonchev–Trinajstić information content (AvgIpc) is 2.47. The predicted molar refractivity (Wildman–Crippen MR) is 76.9 cm³/mol. The molecule has 1 heterocycles. The fourth-order valence-electron chi connectivity index (χ4n) is 2.17. The lowest BCUT2D eigenvalue weighted by molar-refractivity contribution is -0.138. The Labute approximate surface area is 131 Å². The van der Waals surface area contributed by atoms with Gasteiger partial charge in [0.2, 0.25) is 0 Å². The topological polar surface area (TPSA) is 45.1 Å². The quantitative estimate of drug-likeness (QED) is 0.828. The van der Waals surface area contributed by atoms with Gasteiger partial charge in [-0.3, -0.25) is 4.98 Å². The summed E-state index contributed by atoms with van der Waals surface area (Å²) in [7, 11) is 0. The van der Waals surface area contributed by atoms with Crippen LogP contribution in [0.5, 0.6) is 0 Å². The summed E-state index contributed by atoms with van der Waals surface area (Å²) in [4.78, 5) is 3.74. The summed E-state index contributed by atoms with van der Waals surface area (Å²) >= 11 is 0. The van der Waals surface area contributed by atoms with Crippen molar-refractivity contribution in [3.8, 4) is 0 Å². The van der Waals surface area contributed by atoms with Crippen molar-refractivity contribution in [3.05, 3.63) is 65.2 Å². The van der Waals surface area contributed by atoms with Gasteiger partial charge in [0.25, 0.3) is 0 Å². The Kier molecular flexibility index (Phi) is 5.01. The summed E-state index contributed by atoms with van der Waals surface area (Å²) in [5.41, 5.74) is -1.84. The van der Waals surface area contributed by atoms with Gasteiger partial charge in [-0.2, -0.15) is 13.2 Å². The monoisotopic (exact) mass is 328 g/mol. The number of halogens is 4. The molecule has 0 saturated carbocycles. The number of hydrogen-bond donors (Lipinski definition) is 2. The SMILES string of the molecule is CC(O)(CNCc1ncccc1C(F)(F)F)c1ccc(F)cc1. The normalized spacial score (nSPS) is 14.5. The molecule has 0 fully saturated rings. The molecule has 0 aliphatic heterocycles. The molecule has 7 heteroatoms. The zero-order chi connectivity index (χ0) is 17.1. The van der Waals surface area contributed by atoms with Crippen LogP contribution < -0.4 is 5.32 Å². The van der Waals surface area contributed by atoms with Crippen molar-refractivity contribution in [2.24, 2.45) is 0 Å². The lowest BCUT2D eigenvalue weighted by atomic mass is 9.96. The molecule has 3 nitrogen and oxygen atoms in total. The van der Waals surface area contributed by atoms with E-state index in [2.05, 4.69) is 10.3 Å². The van der Waals surface area contributed by atoms with Crippen molar-refractivity contribution in [3.63, 3.8) is 0 Å². The molecular formula is C16H16F4N2O. The standard InChI is InChI=1S/C16H16F4N2O/c1-15(23,11-4-6-12(17)7-5-11)10-21-9-14-13(16(18,19)20)3-2-8-22-14/h2-8,21,23H,9-10H2,1H3. The number of rotatable bonds is 5. The molecular weight excluding hydrogens is 312 g/mol. The fraction of sp³-hybridized carbons (Fsp3) is 0.312. The van der Waals surface area contributed by atoms with Crippen molar-refractivity contribution in [2.75, 3.05) is 6.54 Å². The highest BCUT2D eigenvalue weighted by molar-refractivity contribution is 5.24. The highest BCUT2D eigenvalue weighted by Crippen LogP contribution is 2.31. The van der Waals surface area contributed by atoms with Crippen LogP contribution in [0.4, 0.5) is 17.6 Å². The number of benzene rings is 1. The zero-order valence-electron chi connectivity index (χ0n) is 12.4. The summed E-state index contributed by atoms with van der Waals surface area (Å²) in [5, 5.41) is 13.1. The van der Waals surface area contributed by atoms with Crippen LogP contribution in [0.15, 0.2) is 42.6 Å². The van der Waals surface area contributed by atoms with Crippen molar-refractivity contribution >= 4 is 0 Å². The van der Waals surface area contributed by atoms with Crippen LogP contribution in [-0.2, 0) is 18.3 Å². The molecule has 0 saturated heterocycles. The predicted octanol–water partition coefficient (Wildman–Crippen LogP) is 3.24. The number of nitrogens with one attached hydrogen (secondary N) is 1. The first-order valence-corrected chi connectivity index (χ1v) is 6.90. The Bertz CT molecular complexity index is 654. The molecule has 1 unspecified atom stereocenters. The minimum absolute atomic E-state index is 0.00744. The Balaban J connectivity index is 2.04. The van der Waals surface area contributed by atoms with E-state index in [0.29, 0.717) is 5.56 Å². The molecule has 2 rings (SSSR count). The molecule has 0 spiro atoms. The smallest absolute Gasteiger partial charge is 0.384 e. The second-order valence-electron chi connectivity index (χ2n) is 5.38. The van der Waals surface area contributed by atoms with E-state index in [1.165, 1.54) is 43.5 Å². The van der Waals surface area contributed by atoms with Gasteiger partial charge in [-0.05, 0) is 36.8 Å². The van der Waals surface area contributed by atoms with Gasteiger partial charge in [0.05, 0.1) is 16.9 Å². The summed E-state index contributed by atoms with van der Waals surface area (Å²) in [6.45, 7) is 1.34. The van der Waals surface area contributed by atoms with Crippen molar-refractivity contribution in [1.82, 2.24) is 10.3 Å². The Morgan fingerprint density at radius 3 is 2.39 bits per heavy atom. The molecule has 0 amide bonds. The van der Waals surface area contributed by atoms with E-state index in [1.54, 1.807) is 0 Å². The third kappa shape index (κ3) is 4.49.